The predicted molar refractivity (Wildman–Crippen MR) is 117 cm³/mol. The van der Waals surface area contributed by atoms with Crippen molar-refractivity contribution >= 4 is 28.6 Å². The van der Waals surface area contributed by atoms with Gasteiger partial charge in [0.2, 0.25) is 0 Å². The topological polar surface area (TPSA) is 42.6 Å². The van der Waals surface area contributed by atoms with Crippen molar-refractivity contribution in [2.75, 3.05) is 0 Å². The first-order chi connectivity index (χ1) is 12.7. The summed E-state index contributed by atoms with van der Waals surface area (Å²) in [7, 11) is 0. The van der Waals surface area contributed by atoms with Crippen molar-refractivity contribution in [3.05, 3.63) is 69.4 Å². The molecule has 0 atom stereocenters. The van der Waals surface area contributed by atoms with E-state index in [0.717, 1.165) is 22.4 Å². The van der Waals surface area contributed by atoms with Crippen LogP contribution < -0.4 is 5.43 Å². The monoisotopic (exact) mass is 379 g/mol. The molecule has 0 radical (unpaired) electrons. The van der Waals surface area contributed by atoms with E-state index in [1.807, 2.05) is 63.2 Å². The van der Waals surface area contributed by atoms with Gasteiger partial charge in [-0.25, -0.2) is 4.40 Å². The van der Waals surface area contributed by atoms with Gasteiger partial charge in [0.25, 0.3) is 0 Å². The lowest BCUT2D eigenvalue weighted by atomic mass is 10.0. The molecule has 4 heteroatoms. The second-order valence-corrected chi connectivity index (χ2v) is 9.41. The highest BCUT2D eigenvalue weighted by atomic mass is 32.2. The van der Waals surface area contributed by atoms with E-state index in [1.165, 1.54) is 11.9 Å². The van der Waals surface area contributed by atoms with Gasteiger partial charge in [-0.15, -0.1) is 0 Å². The van der Waals surface area contributed by atoms with E-state index in [-0.39, 0.29) is 10.2 Å². The van der Waals surface area contributed by atoms with E-state index < -0.39 is 0 Å². The summed E-state index contributed by atoms with van der Waals surface area (Å²) in [4.78, 5) is 13.1. The summed E-state index contributed by atoms with van der Waals surface area (Å²) in [5.74, 6) is 0.620. The Morgan fingerprint density at radius 2 is 1.74 bits per heavy atom. The fourth-order valence-electron chi connectivity index (χ4n) is 2.92. The summed E-state index contributed by atoms with van der Waals surface area (Å²) in [5, 5.41) is 0.609. The second kappa shape index (κ2) is 7.35. The van der Waals surface area contributed by atoms with Gasteiger partial charge < -0.3 is 4.42 Å². The van der Waals surface area contributed by atoms with E-state index in [2.05, 4.69) is 25.2 Å². The third-order valence-electron chi connectivity index (χ3n) is 4.25. The molecule has 140 valence electrons. The van der Waals surface area contributed by atoms with Gasteiger partial charge in [-0.1, -0.05) is 30.3 Å². The van der Waals surface area contributed by atoms with Gasteiger partial charge in [-0.2, -0.15) is 0 Å². The number of hydrogen-bond acceptors (Lipinski definition) is 4. The standard InChI is InChI=1S/C23H25NO2S/c1-14-12-18(16(3)24-27-23(4,5)6)22-19(13-14)20(25)15(2)21(26-22)17-10-8-7-9-11-17/h7-13H,1-6H3. The molecule has 3 rings (SSSR count). The average molecular weight is 380 g/mol. The number of aryl methyl sites for hydroxylation is 1. The molecule has 0 saturated carbocycles. The van der Waals surface area contributed by atoms with E-state index in [4.69, 9.17) is 4.42 Å². The first-order valence-electron chi connectivity index (χ1n) is 9.04. The van der Waals surface area contributed by atoms with Gasteiger partial charge in [-0.05, 0) is 71.2 Å². The van der Waals surface area contributed by atoms with Crippen molar-refractivity contribution < 1.29 is 4.42 Å². The molecular weight excluding hydrogens is 354 g/mol. The minimum absolute atomic E-state index is 0.0105. The zero-order valence-electron chi connectivity index (χ0n) is 16.7. The number of benzene rings is 2. The second-order valence-electron chi connectivity index (χ2n) is 7.82. The van der Waals surface area contributed by atoms with E-state index in [1.54, 1.807) is 0 Å². The Balaban J connectivity index is 2.29. The van der Waals surface area contributed by atoms with Crippen LogP contribution in [0.1, 0.15) is 44.4 Å². The smallest absolute Gasteiger partial charge is 0.196 e. The summed E-state index contributed by atoms with van der Waals surface area (Å²) < 4.78 is 11.0. The average Bonchev–Trinajstić information content (AvgIpc) is 2.62. The summed E-state index contributed by atoms with van der Waals surface area (Å²) in [5.41, 5.74) is 4.89. The van der Waals surface area contributed by atoms with Gasteiger partial charge >= 0.3 is 0 Å². The van der Waals surface area contributed by atoms with Crippen LogP contribution in [0.3, 0.4) is 0 Å². The molecule has 0 saturated heterocycles. The molecule has 2 aromatic carbocycles. The van der Waals surface area contributed by atoms with Crippen molar-refractivity contribution in [1.29, 1.82) is 0 Å². The van der Waals surface area contributed by atoms with Crippen molar-refractivity contribution in [2.45, 2.75) is 46.3 Å². The molecule has 1 aromatic heterocycles. The van der Waals surface area contributed by atoms with Gasteiger partial charge in [0.1, 0.15) is 11.3 Å². The third-order valence-corrected chi connectivity index (χ3v) is 5.16. The Morgan fingerprint density at radius 1 is 1.07 bits per heavy atom. The lowest BCUT2D eigenvalue weighted by molar-refractivity contribution is 0.613. The van der Waals surface area contributed by atoms with Crippen LogP contribution in [0, 0.1) is 13.8 Å². The van der Waals surface area contributed by atoms with Crippen molar-refractivity contribution in [2.24, 2.45) is 4.40 Å². The van der Waals surface area contributed by atoms with Crippen LogP contribution in [0.2, 0.25) is 0 Å². The number of fused-ring (bicyclic) bond motifs is 1. The predicted octanol–water partition coefficient (Wildman–Crippen LogP) is 6.33. The molecule has 0 unspecified atom stereocenters. The molecule has 0 fully saturated rings. The van der Waals surface area contributed by atoms with Crippen molar-refractivity contribution in [1.82, 2.24) is 0 Å². The zero-order valence-corrected chi connectivity index (χ0v) is 17.5. The van der Waals surface area contributed by atoms with Gasteiger partial charge in [0.15, 0.2) is 5.43 Å². The molecule has 0 bridgehead atoms. The zero-order chi connectivity index (χ0) is 19.8. The van der Waals surface area contributed by atoms with Gasteiger partial charge in [0.05, 0.1) is 11.1 Å². The molecule has 3 nitrogen and oxygen atoms in total. The molecule has 0 aliphatic rings. The Hall–Kier alpha value is -2.33. The Kier molecular flexibility index (Phi) is 5.29. The van der Waals surface area contributed by atoms with Crippen LogP contribution in [0.15, 0.2) is 56.1 Å². The maximum Gasteiger partial charge on any atom is 0.196 e. The quantitative estimate of drug-likeness (QED) is 0.394. The van der Waals surface area contributed by atoms with Crippen LogP contribution in [-0.2, 0) is 0 Å². The van der Waals surface area contributed by atoms with E-state index in [0.29, 0.717) is 22.3 Å². The maximum atomic E-state index is 13.1. The highest BCUT2D eigenvalue weighted by Gasteiger charge is 2.18. The first kappa shape index (κ1) is 19.4. The fourth-order valence-corrected chi connectivity index (χ4v) is 3.43. The molecule has 0 aliphatic carbocycles. The Morgan fingerprint density at radius 3 is 2.37 bits per heavy atom. The van der Waals surface area contributed by atoms with E-state index >= 15 is 0 Å². The summed E-state index contributed by atoms with van der Waals surface area (Å²) in [6.45, 7) is 12.2. The Bertz CT molecular complexity index is 1070. The molecule has 0 amide bonds. The van der Waals surface area contributed by atoms with Crippen LogP contribution in [0.4, 0.5) is 0 Å². The van der Waals surface area contributed by atoms with Crippen molar-refractivity contribution in [3.63, 3.8) is 0 Å². The minimum Gasteiger partial charge on any atom is -0.455 e. The third kappa shape index (κ3) is 4.16. The van der Waals surface area contributed by atoms with Gasteiger partial charge in [-0.3, -0.25) is 4.79 Å². The highest BCUT2D eigenvalue weighted by Crippen LogP contribution is 2.30. The maximum absolute atomic E-state index is 13.1. The molecule has 0 aliphatic heterocycles. The molecular formula is C23H25NO2S. The molecule has 0 N–H and O–H groups in total. The van der Waals surface area contributed by atoms with Crippen LogP contribution >= 0.6 is 11.9 Å². The SMILES string of the molecule is CC(=NSC(C)(C)C)c1cc(C)cc2c(=O)c(C)c(-c3ccccc3)oc12. The highest BCUT2D eigenvalue weighted by molar-refractivity contribution is 7.99. The summed E-state index contributed by atoms with van der Waals surface area (Å²) in [6, 6.07) is 13.7. The minimum atomic E-state index is 0.0105. The summed E-state index contributed by atoms with van der Waals surface area (Å²) in [6.07, 6.45) is 0. The molecule has 0 spiro atoms. The first-order valence-corrected chi connectivity index (χ1v) is 9.81. The lowest BCUT2D eigenvalue weighted by Crippen LogP contribution is -2.10. The van der Waals surface area contributed by atoms with Crippen molar-refractivity contribution in [3.8, 4) is 11.3 Å². The van der Waals surface area contributed by atoms with Gasteiger partial charge in [0, 0.05) is 21.4 Å². The fraction of sp³-hybridized carbons (Fsp3) is 0.304. The molecule has 1 heterocycles. The lowest BCUT2D eigenvalue weighted by Gasteiger charge is -2.15. The number of nitrogens with zero attached hydrogens (tertiary/aromatic N) is 1. The normalized spacial score (nSPS) is 12.6. The van der Waals surface area contributed by atoms with E-state index in [9.17, 15) is 4.79 Å². The Labute approximate surface area is 164 Å². The summed E-state index contributed by atoms with van der Waals surface area (Å²) >= 11 is 1.53. The number of hydrogen-bond donors (Lipinski definition) is 0. The van der Waals surface area contributed by atoms with Crippen LogP contribution in [0.25, 0.3) is 22.3 Å². The van der Waals surface area contributed by atoms with Crippen LogP contribution in [0.5, 0.6) is 0 Å². The van der Waals surface area contributed by atoms with Crippen LogP contribution in [-0.4, -0.2) is 10.5 Å². The largest absolute Gasteiger partial charge is 0.455 e. The number of rotatable bonds is 3. The molecule has 27 heavy (non-hydrogen) atoms. The molecule has 3 aromatic rings.